The largest absolute Gasteiger partial charge is 0.481 e. The third-order valence-electron chi connectivity index (χ3n) is 2.99. The summed E-state index contributed by atoms with van der Waals surface area (Å²) in [7, 11) is 0. The molecular weight excluding hydrogens is 340 g/mol. The van der Waals surface area contributed by atoms with Gasteiger partial charge in [-0.1, -0.05) is 0 Å². The van der Waals surface area contributed by atoms with Crippen molar-refractivity contribution in [3.8, 4) is 0 Å². The topological polar surface area (TPSA) is 143 Å². The molecule has 1 unspecified atom stereocenters. The Labute approximate surface area is 144 Å². The molecule has 0 aliphatic rings. The molecule has 0 bridgehead atoms. The number of carboxylic acid groups (broad SMARTS) is 1. The van der Waals surface area contributed by atoms with Crippen LogP contribution in [0.25, 0.3) is 0 Å². The van der Waals surface area contributed by atoms with Crippen LogP contribution in [-0.2, 0) is 42.9 Å². The standard InChI is InChI=1S/C15H22O10/c1-5-22-11(18)9(10(16)17)15(12(19)23-6-2,13(20)24-7-3)14(21)25-8-4/h9H,5-8H2,1-4H3,(H,16,17). The molecule has 0 radical (unpaired) electrons. The van der Waals surface area contributed by atoms with Gasteiger partial charge >= 0.3 is 29.8 Å². The molecular formula is C15H22O10. The summed E-state index contributed by atoms with van der Waals surface area (Å²) in [6, 6.07) is 0. The molecule has 1 N–H and O–H groups in total. The van der Waals surface area contributed by atoms with E-state index in [0.717, 1.165) is 0 Å². The molecule has 10 nitrogen and oxygen atoms in total. The van der Waals surface area contributed by atoms with Crippen LogP contribution in [0.2, 0.25) is 0 Å². The van der Waals surface area contributed by atoms with Gasteiger partial charge in [0, 0.05) is 0 Å². The van der Waals surface area contributed by atoms with Gasteiger partial charge in [-0.25, -0.2) is 0 Å². The quantitative estimate of drug-likeness (QED) is 0.318. The number of carbonyl (C=O) groups excluding carboxylic acids is 4. The van der Waals surface area contributed by atoms with Crippen LogP contribution >= 0.6 is 0 Å². The van der Waals surface area contributed by atoms with Crippen LogP contribution in [0.1, 0.15) is 27.7 Å². The number of carbonyl (C=O) groups is 5. The zero-order valence-electron chi connectivity index (χ0n) is 14.5. The smallest absolute Gasteiger partial charge is 0.336 e. The molecule has 0 saturated heterocycles. The second-order valence-electron chi connectivity index (χ2n) is 4.49. The highest BCUT2D eigenvalue weighted by atomic mass is 16.6. The average Bonchev–Trinajstić information content (AvgIpc) is 2.52. The van der Waals surface area contributed by atoms with E-state index in [4.69, 9.17) is 14.2 Å². The Morgan fingerprint density at radius 3 is 1.28 bits per heavy atom. The van der Waals surface area contributed by atoms with E-state index >= 15 is 0 Å². The molecule has 0 saturated carbocycles. The maximum absolute atomic E-state index is 12.5. The van der Waals surface area contributed by atoms with E-state index in [1.807, 2.05) is 0 Å². The molecule has 0 aromatic heterocycles. The van der Waals surface area contributed by atoms with Gasteiger partial charge in [-0.3, -0.25) is 24.0 Å². The maximum Gasteiger partial charge on any atom is 0.336 e. The van der Waals surface area contributed by atoms with Gasteiger partial charge in [0.15, 0.2) is 5.92 Å². The van der Waals surface area contributed by atoms with Gasteiger partial charge in [-0.15, -0.1) is 0 Å². The summed E-state index contributed by atoms with van der Waals surface area (Å²) >= 11 is 0. The summed E-state index contributed by atoms with van der Waals surface area (Å²) in [6.07, 6.45) is 0. The maximum atomic E-state index is 12.5. The highest BCUT2D eigenvalue weighted by Gasteiger charge is 2.68. The van der Waals surface area contributed by atoms with Crippen molar-refractivity contribution in [2.24, 2.45) is 11.3 Å². The lowest BCUT2D eigenvalue weighted by Crippen LogP contribution is -2.59. The molecule has 0 aromatic carbocycles. The van der Waals surface area contributed by atoms with E-state index in [1.165, 1.54) is 27.7 Å². The van der Waals surface area contributed by atoms with E-state index < -0.39 is 41.2 Å². The summed E-state index contributed by atoms with van der Waals surface area (Å²) in [5.41, 5.74) is -3.17. The number of ether oxygens (including phenoxy) is 4. The van der Waals surface area contributed by atoms with Gasteiger partial charge in [0.05, 0.1) is 26.4 Å². The van der Waals surface area contributed by atoms with E-state index in [1.54, 1.807) is 0 Å². The first-order chi connectivity index (χ1) is 11.7. The van der Waals surface area contributed by atoms with Crippen molar-refractivity contribution < 1.29 is 48.0 Å². The van der Waals surface area contributed by atoms with Gasteiger partial charge < -0.3 is 24.1 Å². The summed E-state index contributed by atoms with van der Waals surface area (Å²) in [5, 5.41) is 9.43. The Balaban J connectivity index is 6.59. The Bertz CT molecular complexity index is 479. The van der Waals surface area contributed by atoms with E-state index in [2.05, 4.69) is 4.74 Å². The lowest BCUT2D eigenvalue weighted by Gasteiger charge is -2.30. The van der Waals surface area contributed by atoms with Crippen molar-refractivity contribution in [2.45, 2.75) is 27.7 Å². The Kier molecular flexibility index (Phi) is 9.18. The molecule has 0 fully saturated rings. The summed E-state index contributed by atoms with van der Waals surface area (Å²) < 4.78 is 18.7. The van der Waals surface area contributed by atoms with E-state index in [-0.39, 0.29) is 26.4 Å². The first-order valence-electron chi connectivity index (χ1n) is 7.66. The van der Waals surface area contributed by atoms with E-state index in [9.17, 15) is 29.1 Å². The van der Waals surface area contributed by atoms with Gasteiger partial charge in [0.1, 0.15) is 0 Å². The van der Waals surface area contributed by atoms with Crippen LogP contribution in [0.15, 0.2) is 0 Å². The van der Waals surface area contributed by atoms with Gasteiger partial charge in [-0.05, 0) is 27.7 Å². The monoisotopic (exact) mass is 362 g/mol. The molecule has 10 heteroatoms. The number of aliphatic carboxylic acids is 1. The molecule has 0 aliphatic heterocycles. The molecule has 142 valence electrons. The summed E-state index contributed by atoms with van der Waals surface area (Å²) in [4.78, 5) is 61.2. The minimum atomic E-state index is -3.17. The SMILES string of the molecule is CCOC(=O)C(C(=O)O)C(C(=O)OCC)(C(=O)OCC)C(=O)OCC. The number of rotatable bonds is 10. The predicted octanol–water partition coefficient (Wildman–Crippen LogP) is -0.0740. The van der Waals surface area contributed by atoms with Crippen LogP contribution < -0.4 is 0 Å². The lowest BCUT2D eigenvalue weighted by molar-refractivity contribution is -0.198. The van der Waals surface area contributed by atoms with Gasteiger partial charge in [0.2, 0.25) is 0 Å². The fourth-order valence-electron chi connectivity index (χ4n) is 2.03. The molecule has 0 rings (SSSR count). The number of hydrogen-bond acceptors (Lipinski definition) is 9. The first-order valence-corrected chi connectivity index (χ1v) is 7.66. The van der Waals surface area contributed by atoms with Crippen molar-refractivity contribution in [2.75, 3.05) is 26.4 Å². The van der Waals surface area contributed by atoms with Crippen molar-refractivity contribution in [3.05, 3.63) is 0 Å². The Hall–Kier alpha value is -2.65. The molecule has 0 spiro atoms. The second kappa shape index (κ2) is 10.3. The van der Waals surface area contributed by atoms with Crippen LogP contribution in [0.4, 0.5) is 0 Å². The van der Waals surface area contributed by atoms with Gasteiger partial charge in [0.25, 0.3) is 5.41 Å². The fourth-order valence-corrected chi connectivity index (χ4v) is 2.03. The van der Waals surface area contributed by atoms with Crippen molar-refractivity contribution in [1.29, 1.82) is 0 Å². The summed E-state index contributed by atoms with van der Waals surface area (Å²) in [5.74, 6) is -10.6. The minimum absolute atomic E-state index is 0.243. The molecule has 0 amide bonds. The van der Waals surface area contributed by atoms with Crippen LogP contribution in [0, 0.1) is 11.3 Å². The second-order valence-corrected chi connectivity index (χ2v) is 4.49. The summed E-state index contributed by atoms with van der Waals surface area (Å²) in [6.45, 7) is 4.42. The van der Waals surface area contributed by atoms with Crippen LogP contribution in [0.3, 0.4) is 0 Å². The molecule has 0 aromatic rings. The van der Waals surface area contributed by atoms with E-state index in [0.29, 0.717) is 0 Å². The average molecular weight is 362 g/mol. The number of hydrogen-bond donors (Lipinski definition) is 1. The Morgan fingerprint density at radius 1 is 0.720 bits per heavy atom. The Morgan fingerprint density at radius 2 is 1.04 bits per heavy atom. The fraction of sp³-hybridized carbons (Fsp3) is 0.667. The minimum Gasteiger partial charge on any atom is -0.481 e. The predicted molar refractivity (Wildman–Crippen MR) is 80.1 cm³/mol. The van der Waals surface area contributed by atoms with Crippen LogP contribution in [0.5, 0.6) is 0 Å². The number of esters is 4. The third kappa shape index (κ3) is 4.68. The normalized spacial score (nSPS) is 11.8. The first kappa shape index (κ1) is 22.4. The lowest BCUT2D eigenvalue weighted by atomic mass is 9.74. The van der Waals surface area contributed by atoms with Crippen molar-refractivity contribution in [1.82, 2.24) is 0 Å². The third-order valence-corrected chi connectivity index (χ3v) is 2.99. The zero-order valence-corrected chi connectivity index (χ0v) is 14.5. The number of carboxylic acids is 1. The highest BCUT2D eigenvalue weighted by molar-refractivity contribution is 6.24. The molecule has 0 aliphatic carbocycles. The molecule has 1 atom stereocenters. The zero-order chi connectivity index (χ0) is 19.6. The highest BCUT2D eigenvalue weighted by Crippen LogP contribution is 2.35. The van der Waals surface area contributed by atoms with Crippen molar-refractivity contribution in [3.63, 3.8) is 0 Å². The molecule has 25 heavy (non-hydrogen) atoms. The van der Waals surface area contributed by atoms with Gasteiger partial charge in [-0.2, -0.15) is 0 Å². The van der Waals surface area contributed by atoms with Crippen molar-refractivity contribution >= 4 is 29.8 Å². The van der Waals surface area contributed by atoms with Crippen LogP contribution in [-0.4, -0.2) is 61.4 Å². The molecule has 0 heterocycles.